The van der Waals surface area contributed by atoms with Crippen LogP contribution < -0.4 is 15.9 Å². The zero-order valence-electron chi connectivity index (χ0n) is 25.4. The monoisotopic (exact) mass is 818 g/mol. The van der Waals surface area contributed by atoms with Crippen molar-refractivity contribution in [2.45, 2.75) is 20.3 Å². The van der Waals surface area contributed by atoms with Crippen molar-refractivity contribution >= 4 is 67.4 Å². The van der Waals surface area contributed by atoms with E-state index in [4.69, 9.17) is 4.74 Å². The second kappa shape index (κ2) is 14.9. The van der Waals surface area contributed by atoms with Crippen LogP contribution >= 0.6 is 29.9 Å². The van der Waals surface area contributed by atoms with Gasteiger partial charge in [0, 0.05) is 0 Å². The van der Waals surface area contributed by atoms with Crippen LogP contribution in [-0.2, 0) is 22.7 Å². The van der Waals surface area contributed by atoms with Crippen LogP contribution in [0, 0.1) is 4.37 Å². The summed E-state index contributed by atoms with van der Waals surface area (Å²) < 4.78 is 12.5. The van der Waals surface area contributed by atoms with Crippen LogP contribution in [0.25, 0.3) is 21.6 Å². The van der Waals surface area contributed by atoms with Gasteiger partial charge in [-0.25, -0.2) is 0 Å². The Morgan fingerprint density at radius 2 is 1.29 bits per heavy atom. The van der Waals surface area contributed by atoms with Gasteiger partial charge in [0.15, 0.2) is 0 Å². The van der Waals surface area contributed by atoms with E-state index in [0.29, 0.717) is 13.2 Å². The average Bonchev–Trinajstić information content (AvgIpc) is 3.79. The van der Waals surface area contributed by atoms with Gasteiger partial charge in [0.05, 0.1) is 0 Å². The zero-order valence-corrected chi connectivity index (χ0v) is 30.5. The second-order valence-corrected chi connectivity index (χ2v) is 16.9. The molecule has 5 heteroatoms. The van der Waals surface area contributed by atoms with Crippen molar-refractivity contribution < 1.29 is 22.7 Å². The molecule has 1 aliphatic rings. The third-order valence-electron chi connectivity index (χ3n) is 7.83. The Balaban J connectivity index is 1.65. The third-order valence-corrected chi connectivity index (χ3v) is 15.5. The Hall–Kier alpha value is -3.17. The molecule has 2 aromatic heterocycles. The van der Waals surface area contributed by atoms with E-state index in [0.717, 1.165) is 6.42 Å². The first kappa shape index (κ1) is 31.8. The van der Waals surface area contributed by atoms with Crippen LogP contribution in [-0.4, -0.2) is 13.2 Å². The van der Waals surface area contributed by atoms with Crippen molar-refractivity contribution in [3.63, 3.8) is 0 Å². The summed E-state index contributed by atoms with van der Waals surface area (Å²) in [6.07, 6.45) is 14.6. The van der Waals surface area contributed by atoms with Crippen molar-refractivity contribution in [1.29, 1.82) is 0 Å². The molecule has 1 nitrogen and oxygen atoms in total. The maximum atomic E-state index is 6.00. The molecule has 225 valence electrons. The van der Waals surface area contributed by atoms with E-state index < -0.39 is 7.26 Å². The van der Waals surface area contributed by atoms with Gasteiger partial charge in [-0.2, -0.15) is 0 Å². The molecule has 5 aromatic rings. The number of hydrogen-bond donors (Lipinski definition) is 0. The Labute approximate surface area is 285 Å². The molecule has 0 atom stereocenters. The minimum atomic E-state index is -2.35. The van der Waals surface area contributed by atoms with E-state index >= 15 is 0 Å². The number of fused-ring (bicyclic) bond motifs is 1. The zero-order chi connectivity index (χ0) is 31.1. The molecule has 0 aliphatic carbocycles. The normalized spacial score (nSPS) is 16.3. The summed E-state index contributed by atoms with van der Waals surface area (Å²) in [6, 6.07) is 37.8. The summed E-state index contributed by atoms with van der Waals surface area (Å²) in [7, 11) is -2.35. The first-order valence-corrected chi connectivity index (χ1v) is 19.8. The van der Waals surface area contributed by atoms with E-state index in [9.17, 15) is 0 Å². The topological polar surface area (TPSA) is 9.23 Å². The molecule has 0 N–H and O–H groups in total. The molecule has 0 radical (unpaired) electrons. The van der Waals surface area contributed by atoms with E-state index in [1.165, 1.54) is 57.1 Å². The van der Waals surface area contributed by atoms with Crippen molar-refractivity contribution in [2.75, 3.05) is 13.2 Å². The number of hydrogen-bond acceptors (Lipinski definition) is 3. The molecule has 1 aliphatic heterocycles. The summed E-state index contributed by atoms with van der Waals surface area (Å²) in [5.74, 6) is 0. The number of rotatable bonds is 9. The van der Waals surface area contributed by atoms with Crippen LogP contribution in [0.15, 0.2) is 149 Å². The van der Waals surface area contributed by atoms with Crippen molar-refractivity contribution in [2.24, 2.45) is 0 Å². The van der Waals surface area contributed by atoms with E-state index in [1.807, 2.05) is 40.6 Å². The first-order chi connectivity index (χ1) is 22.2. The molecule has 6 rings (SSSR count). The average molecular weight is 817 g/mol. The molecule has 0 bridgehead atoms. The quantitative estimate of drug-likeness (QED) is 0.106. The van der Waals surface area contributed by atoms with Gasteiger partial charge in [-0.3, -0.25) is 0 Å². The third kappa shape index (κ3) is 6.70. The van der Waals surface area contributed by atoms with E-state index in [2.05, 4.69) is 158 Å². The fourth-order valence-corrected chi connectivity index (χ4v) is 14.0. The van der Waals surface area contributed by atoms with Crippen LogP contribution in [0.3, 0.4) is 0 Å². The van der Waals surface area contributed by atoms with Gasteiger partial charge in [-0.1, -0.05) is 0 Å². The molecular formula is C40H35OOsPS2+. The number of thiophene rings is 2. The molecule has 0 unspecified atom stereocenters. The van der Waals surface area contributed by atoms with Crippen molar-refractivity contribution in [3.05, 3.63) is 159 Å². The SMILES string of the molecule is C/C=C/c1cc2sc(/C=C/C(C=C3COCC3=CCC)=C([C]#[Os])[P+](c3ccccc3)(c3ccccc3)c3ccccc3)cc2s1. The Morgan fingerprint density at radius 1 is 0.778 bits per heavy atom. The van der Waals surface area contributed by atoms with Gasteiger partial charge in [-0.15, -0.1) is 0 Å². The summed E-state index contributed by atoms with van der Waals surface area (Å²) in [4.78, 5) is 2.56. The Kier molecular flexibility index (Phi) is 10.6. The molecule has 3 heterocycles. The molecule has 0 amide bonds. The number of benzene rings is 3. The second-order valence-electron chi connectivity index (χ2n) is 10.7. The van der Waals surface area contributed by atoms with Gasteiger partial charge >= 0.3 is 280 Å². The van der Waals surface area contributed by atoms with Gasteiger partial charge in [-0.05, 0) is 6.92 Å². The molecule has 3 aromatic carbocycles. The molecule has 0 spiro atoms. The van der Waals surface area contributed by atoms with E-state index in [1.54, 1.807) is 0 Å². The first-order valence-electron chi connectivity index (χ1n) is 15.2. The van der Waals surface area contributed by atoms with Crippen LogP contribution in [0.2, 0.25) is 0 Å². The molecule has 1 fully saturated rings. The Bertz CT molecular complexity index is 1840. The predicted molar refractivity (Wildman–Crippen MR) is 197 cm³/mol. The summed E-state index contributed by atoms with van der Waals surface area (Å²) in [5, 5.41) is 5.20. The molecule has 0 saturated carbocycles. The predicted octanol–water partition coefficient (Wildman–Crippen LogP) is 10.1. The van der Waals surface area contributed by atoms with Gasteiger partial charge < -0.3 is 0 Å². The summed E-state index contributed by atoms with van der Waals surface area (Å²) in [5.41, 5.74) is 3.73. The van der Waals surface area contributed by atoms with E-state index in [-0.39, 0.29) is 0 Å². The molecular weight excluding hydrogens is 782 g/mol. The van der Waals surface area contributed by atoms with Crippen LogP contribution in [0.5, 0.6) is 0 Å². The summed E-state index contributed by atoms with van der Waals surface area (Å²) in [6.45, 7) is 5.56. The summed E-state index contributed by atoms with van der Waals surface area (Å²) >= 11 is 5.54. The van der Waals surface area contributed by atoms with Gasteiger partial charge in [0.1, 0.15) is 0 Å². The number of allylic oxidation sites excluding steroid dienone is 6. The number of ether oxygens (including phenoxy) is 1. The van der Waals surface area contributed by atoms with Crippen LogP contribution in [0.1, 0.15) is 30.0 Å². The van der Waals surface area contributed by atoms with Crippen molar-refractivity contribution in [3.8, 4) is 4.37 Å². The minimum absolute atomic E-state index is 0.623. The fraction of sp³-hybridized carbons (Fsp3) is 0.125. The maximum absolute atomic E-state index is 6.00. The van der Waals surface area contributed by atoms with Gasteiger partial charge in [0.2, 0.25) is 0 Å². The molecule has 45 heavy (non-hydrogen) atoms. The van der Waals surface area contributed by atoms with Crippen molar-refractivity contribution in [1.82, 2.24) is 0 Å². The molecule has 1 saturated heterocycles. The van der Waals surface area contributed by atoms with Crippen LogP contribution in [0.4, 0.5) is 0 Å². The standard InChI is InChI=1S/C40H35OPS2.Os/c1-4-15-32-28-41-29-33(32)25-31(23-24-38-27-40-39(44-38)26-37(43-40)16-5-2)30(3)42(34-17-9-6-10-18-34,35-19-11-7-12-20-35)36-21-13-8-14-22-36;/h5-27H,4,28-29H2,1-2H3;/q+1;/b16-5+,24-23+,31-30?,32-15?,33-25?;. The van der Waals surface area contributed by atoms with Gasteiger partial charge in [0.25, 0.3) is 0 Å². The fourth-order valence-electron chi connectivity index (χ4n) is 5.88. The Morgan fingerprint density at radius 3 is 1.78 bits per heavy atom.